The first-order valence-corrected chi connectivity index (χ1v) is 7.59. The van der Waals surface area contributed by atoms with Gasteiger partial charge in [-0.25, -0.2) is 4.79 Å². The summed E-state index contributed by atoms with van der Waals surface area (Å²) >= 11 is 0. The molecule has 6 nitrogen and oxygen atoms in total. The van der Waals surface area contributed by atoms with Gasteiger partial charge in [0.1, 0.15) is 6.10 Å². The second-order valence-electron chi connectivity index (χ2n) is 5.22. The molecule has 0 radical (unpaired) electrons. The summed E-state index contributed by atoms with van der Waals surface area (Å²) in [6, 6.07) is 7.71. The lowest BCUT2D eigenvalue weighted by Gasteiger charge is -2.18. The van der Waals surface area contributed by atoms with Crippen LogP contribution in [0.4, 0.5) is 4.79 Å². The number of amides is 1. The van der Waals surface area contributed by atoms with E-state index in [-0.39, 0.29) is 12.2 Å². The molecule has 1 heterocycles. The topological polar surface area (TPSA) is 60.0 Å². The lowest BCUT2D eigenvalue weighted by Crippen LogP contribution is -2.27. The van der Waals surface area contributed by atoms with Gasteiger partial charge in [0.25, 0.3) is 0 Å². The molecule has 1 N–H and O–H groups in total. The molecule has 1 amide bonds. The molecule has 0 saturated carbocycles. The smallest absolute Gasteiger partial charge is 0.406 e. The number of nitrogens with zero attached hydrogens (tertiary/aromatic N) is 1. The lowest BCUT2D eigenvalue weighted by atomic mass is 10.3. The molecule has 2 rings (SSSR count). The number of carbonyl (C=O) groups excluding carboxylic acids is 1. The average molecular weight is 308 g/mol. The van der Waals surface area contributed by atoms with Crippen molar-refractivity contribution in [2.24, 2.45) is 0 Å². The van der Waals surface area contributed by atoms with E-state index in [0.29, 0.717) is 6.61 Å². The summed E-state index contributed by atoms with van der Waals surface area (Å²) in [5, 5.41) is 2.43. The molecule has 1 aromatic carbocycles. The summed E-state index contributed by atoms with van der Waals surface area (Å²) in [6.07, 6.45) is 1.62. The molecule has 1 aromatic rings. The van der Waals surface area contributed by atoms with E-state index in [1.165, 1.54) is 0 Å². The van der Waals surface area contributed by atoms with Crippen LogP contribution in [0.5, 0.6) is 11.5 Å². The number of carbonyl (C=O) groups is 1. The molecular weight excluding hydrogens is 284 g/mol. The van der Waals surface area contributed by atoms with Crippen LogP contribution < -0.4 is 14.8 Å². The van der Waals surface area contributed by atoms with Crippen molar-refractivity contribution in [1.82, 2.24) is 10.2 Å². The summed E-state index contributed by atoms with van der Waals surface area (Å²) in [5.74, 6) is 1.56. The summed E-state index contributed by atoms with van der Waals surface area (Å²) in [5.41, 5.74) is 0. The Morgan fingerprint density at radius 3 is 2.86 bits per heavy atom. The Hall–Kier alpha value is -1.95. The van der Waals surface area contributed by atoms with Gasteiger partial charge in [0.2, 0.25) is 0 Å². The highest BCUT2D eigenvalue weighted by molar-refractivity contribution is 5.66. The quantitative estimate of drug-likeness (QED) is 0.780. The van der Waals surface area contributed by atoms with Crippen LogP contribution in [0.3, 0.4) is 0 Å². The number of alkyl carbamates (subject to hydrolysis) is 1. The second kappa shape index (κ2) is 8.48. The standard InChI is InChI=1S/C16H24N2O4/c1-17-16(19)21-11-5-9-18-10-8-13(12-18)22-15-7-4-3-6-14(15)20-2/h3-4,6-7,13H,5,8-12H2,1-2H3,(H,17,19). The number of nitrogens with one attached hydrogen (secondary N) is 1. The van der Waals surface area contributed by atoms with Crippen LogP contribution in [-0.2, 0) is 4.74 Å². The van der Waals surface area contributed by atoms with Gasteiger partial charge in [0.15, 0.2) is 11.5 Å². The highest BCUT2D eigenvalue weighted by Gasteiger charge is 2.24. The highest BCUT2D eigenvalue weighted by atomic mass is 16.5. The van der Waals surface area contributed by atoms with Crippen molar-refractivity contribution in [3.8, 4) is 11.5 Å². The number of benzene rings is 1. The fourth-order valence-corrected chi connectivity index (χ4v) is 2.52. The van der Waals surface area contributed by atoms with E-state index in [1.807, 2.05) is 24.3 Å². The van der Waals surface area contributed by atoms with Crippen LogP contribution in [-0.4, -0.2) is 57.5 Å². The van der Waals surface area contributed by atoms with Crippen molar-refractivity contribution in [1.29, 1.82) is 0 Å². The molecule has 0 aliphatic carbocycles. The number of para-hydroxylation sites is 2. The van der Waals surface area contributed by atoms with Gasteiger partial charge in [-0.05, 0) is 25.0 Å². The molecule has 0 bridgehead atoms. The van der Waals surface area contributed by atoms with Gasteiger partial charge in [0.05, 0.1) is 13.7 Å². The lowest BCUT2D eigenvalue weighted by molar-refractivity contribution is 0.140. The Morgan fingerprint density at radius 1 is 1.36 bits per heavy atom. The number of hydrogen-bond acceptors (Lipinski definition) is 5. The molecule has 6 heteroatoms. The van der Waals surface area contributed by atoms with Crippen molar-refractivity contribution in [3.63, 3.8) is 0 Å². The zero-order valence-electron chi connectivity index (χ0n) is 13.2. The fraction of sp³-hybridized carbons (Fsp3) is 0.562. The van der Waals surface area contributed by atoms with Crippen LogP contribution in [0.1, 0.15) is 12.8 Å². The molecule has 22 heavy (non-hydrogen) atoms. The minimum Gasteiger partial charge on any atom is -0.493 e. The highest BCUT2D eigenvalue weighted by Crippen LogP contribution is 2.28. The fourth-order valence-electron chi connectivity index (χ4n) is 2.52. The predicted molar refractivity (Wildman–Crippen MR) is 83.5 cm³/mol. The van der Waals surface area contributed by atoms with Crippen LogP contribution >= 0.6 is 0 Å². The van der Waals surface area contributed by atoms with E-state index >= 15 is 0 Å². The number of hydrogen-bond donors (Lipinski definition) is 1. The monoisotopic (exact) mass is 308 g/mol. The minimum absolute atomic E-state index is 0.177. The van der Waals surface area contributed by atoms with Crippen LogP contribution in [0.15, 0.2) is 24.3 Å². The van der Waals surface area contributed by atoms with Crippen molar-refractivity contribution < 1.29 is 19.0 Å². The zero-order valence-corrected chi connectivity index (χ0v) is 13.2. The van der Waals surface area contributed by atoms with Gasteiger partial charge in [0, 0.05) is 26.7 Å². The molecule has 1 atom stereocenters. The van der Waals surface area contributed by atoms with Gasteiger partial charge in [-0.2, -0.15) is 0 Å². The van der Waals surface area contributed by atoms with Gasteiger partial charge in [-0.1, -0.05) is 12.1 Å². The van der Waals surface area contributed by atoms with E-state index < -0.39 is 0 Å². The van der Waals surface area contributed by atoms with Crippen molar-refractivity contribution >= 4 is 6.09 Å². The number of ether oxygens (including phenoxy) is 3. The second-order valence-corrected chi connectivity index (χ2v) is 5.22. The molecule has 1 aliphatic rings. The normalized spacial score (nSPS) is 18.0. The van der Waals surface area contributed by atoms with Crippen molar-refractivity contribution in [2.45, 2.75) is 18.9 Å². The first-order valence-electron chi connectivity index (χ1n) is 7.59. The first kappa shape index (κ1) is 16.4. The molecule has 1 aliphatic heterocycles. The number of rotatable bonds is 7. The van der Waals surface area contributed by atoms with Crippen molar-refractivity contribution in [2.75, 3.05) is 40.4 Å². The van der Waals surface area contributed by atoms with Gasteiger partial charge >= 0.3 is 6.09 Å². The first-order chi connectivity index (χ1) is 10.7. The van der Waals surface area contributed by atoms with E-state index in [2.05, 4.69) is 10.2 Å². The average Bonchev–Trinajstić information content (AvgIpc) is 2.99. The molecule has 0 aromatic heterocycles. The molecule has 1 saturated heterocycles. The van der Waals surface area contributed by atoms with E-state index in [4.69, 9.17) is 14.2 Å². The van der Waals surface area contributed by atoms with Gasteiger partial charge < -0.3 is 19.5 Å². The summed E-state index contributed by atoms with van der Waals surface area (Å²) in [4.78, 5) is 13.3. The minimum atomic E-state index is -0.376. The van der Waals surface area contributed by atoms with Crippen LogP contribution in [0.2, 0.25) is 0 Å². The number of likely N-dealkylation sites (tertiary alicyclic amines) is 1. The molecule has 122 valence electrons. The van der Waals surface area contributed by atoms with E-state index in [1.54, 1.807) is 14.2 Å². The van der Waals surface area contributed by atoms with Gasteiger partial charge in [-0.15, -0.1) is 0 Å². The molecule has 1 unspecified atom stereocenters. The van der Waals surface area contributed by atoms with E-state index in [0.717, 1.165) is 44.0 Å². The number of methoxy groups -OCH3 is 1. The third-order valence-electron chi connectivity index (χ3n) is 3.65. The largest absolute Gasteiger partial charge is 0.493 e. The maximum atomic E-state index is 10.9. The van der Waals surface area contributed by atoms with Gasteiger partial charge in [-0.3, -0.25) is 4.90 Å². The Morgan fingerprint density at radius 2 is 2.14 bits per heavy atom. The summed E-state index contributed by atoms with van der Waals surface area (Å²) in [6.45, 7) is 3.23. The predicted octanol–water partition coefficient (Wildman–Crippen LogP) is 1.89. The molecular formula is C16H24N2O4. The van der Waals surface area contributed by atoms with E-state index in [9.17, 15) is 4.79 Å². The van der Waals surface area contributed by atoms with Crippen molar-refractivity contribution in [3.05, 3.63) is 24.3 Å². The third kappa shape index (κ3) is 4.80. The zero-order chi connectivity index (χ0) is 15.8. The maximum Gasteiger partial charge on any atom is 0.406 e. The maximum absolute atomic E-state index is 10.9. The Balaban J connectivity index is 1.70. The Kier molecular flexibility index (Phi) is 6.33. The molecule has 0 spiro atoms. The Labute approximate surface area is 131 Å². The van der Waals surface area contributed by atoms with Crippen LogP contribution in [0, 0.1) is 0 Å². The van der Waals surface area contributed by atoms with Crippen LogP contribution in [0.25, 0.3) is 0 Å². The third-order valence-corrected chi connectivity index (χ3v) is 3.65. The molecule has 1 fully saturated rings. The SMILES string of the molecule is CNC(=O)OCCCN1CCC(Oc2ccccc2OC)C1. The Bertz CT molecular complexity index is 481. The summed E-state index contributed by atoms with van der Waals surface area (Å²) in [7, 11) is 3.21. The summed E-state index contributed by atoms with van der Waals surface area (Å²) < 4.78 is 16.3.